The standard InChI is InChI=1S/C14H19N3O3S/c1-3-12-5-4-11(9-15-2)8-14(12)21(18,19)17-10-13-6-7-16-20-13/h4-8,15,17H,3,9-10H2,1-2H3. The van der Waals surface area contributed by atoms with Crippen LogP contribution in [-0.2, 0) is 29.5 Å². The fourth-order valence-corrected chi connectivity index (χ4v) is 3.38. The first-order chi connectivity index (χ1) is 10.1. The molecule has 0 aliphatic carbocycles. The maximum atomic E-state index is 12.5. The van der Waals surface area contributed by atoms with Crippen molar-refractivity contribution in [3.05, 3.63) is 47.3 Å². The van der Waals surface area contributed by atoms with Gasteiger partial charge in [-0.2, -0.15) is 0 Å². The summed E-state index contributed by atoms with van der Waals surface area (Å²) in [5.74, 6) is 0.475. The number of rotatable bonds is 7. The third-order valence-corrected chi connectivity index (χ3v) is 4.59. The SMILES string of the molecule is CCc1ccc(CNC)cc1S(=O)(=O)NCc1ccno1. The van der Waals surface area contributed by atoms with Gasteiger partial charge < -0.3 is 9.84 Å². The highest BCUT2D eigenvalue weighted by molar-refractivity contribution is 7.89. The van der Waals surface area contributed by atoms with Crippen molar-refractivity contribution in [1.29, 1.82) is 0 Å². The van der Waals surface area contributed by atoms with Gasteiger partial charge in [-0.15, -0.1) is 0 Å². The Balaban J connectivity index is 2.26. The van der Waals surface area contributed by atoms with Crippen LogP contribution in [0.15, 0.2) is 39.9 Å². The molecule has 0 fully saturated rings. The lowest BCUT2D eigenvalue weighted by atomic mass is 10.1. The van der Waals surface area contributed by atoms with Crippen LogP contribution in [0.1, 0.15) is 23.8 Å². The first-order valence-corrected chi connectivity index (χ1v) is 8.20. The minimum absolute atomic E-state index is 0.0851. The van der Waals surface area contributed by atoms with Gasteiger partial charge in [0, 0.05) is 12.6 Å². The molecule has 1 aromatic heterocycles. The second-order valence-electron chi connectivity index (χ2n) is 4.63. The molecule has 0 aliphatic rings. The van der Waals surface area contributed by atoms with E-state index in [1.807, 2.05) is 26.1 Å². The molecule has 114 valence electrons. The Kier molecular flexibility index (Phi) is 5.11. The predicted molar refractivity (Wildman–Crippen MR) is 79.1 cm³/mol. The molecule has 2 N–H and O–H groups in total. The molecule has 21 heavy (non-hydrogen) atoms. The number of sulfonamides is 1. The molecule has 1 aromatic carbocycles. The Bertz CT molecular complexity index is 681. The van der Waals surface area contributed by atoms with Gasteiger partial charge in [0.05, 0.1) is 17.6 Å². The molecule has 0 atom stereocenters. The molecule has 0 amide bonds. The zero-order valence-corrected chi connectivity index (χ0v) is 12.9. The molecule has 1 heterocycles. The third-order valence-electron chi connectivity index (χ3n) is 3.11. The third kappa shape index (κ3) is 3.90. The van der Waals surface area contributed by atoms with Crippen LogP contribution in [0.25, 0.3) is 0 Å². The highest BCUT2D eigenvalue weighted by Gasteiger charge is 2.18. The smallest absolute Gasteiger partial charge is 0.241 e. The highest BCUT2D eigenvalue weighted by atomic mass is 32.2. The van der Waals surface area contributed by atoms with Crippen molar-refractivity contribution >= 4 is 10.0 Å². The van der Waals surface area contributed by atoms with Crippen LogP contribution in [0.5, 0.6) is 0 Å². The molecule has 0 saturated heterocycles. The number of aromatic nitrogens is 1. The minimum Gasteiger partial charge on any atom is -0.360 e. The predicted octanol–water partition coefficient (Wildman–Crippen LogP) is 1.43. The summed E-state index contributed by atoms with van der Waals surface area (Å²) in [5, 5.41) is 6.57. The van der Waals surface area contributed by atoms with Crippen LogP contribution in [0.2, 0.25) is 0 Å². The summed E-state index contributed by atoms with van der Waals surface area (Å²) >= 11 is 0. The van der Waals surface area contributed by atoms with E-state index in [0.717, 1.165) is 11.1 Å². The molecule has 2 rings (SSSR count). The van der Waals surface area contributed by atoms with Crippen LogP contribution >= 0.6 is 0 Å². The van der Waals surface area contributed by atoms with Gasteiger partial charge in [-0.3, -0.25) is 0 Å². The van der Waals surface area contributed by atoms with Crippen molar-refractivity contribution in [1.82, 2.24) is 15.2 Å². The molecule has 0 bridgehead atoms. The summed E-state index contributed by atoms with van der Waals surface area (Å²) in [6.07, 6.45) is 2.13. The fraction of sp³-hybridized carbons (Fsp3) is 0.357. The molecule has 0 radical (unpaired) electrons. The maximum Gasteiger partial charge on any atom is 0.241 e. The first-order valence-electron chi connectivity index (χ1n) is 6.72. The molecule has 0 unspecified atom stereocenters. The Morgan fingerprint density at radius 2 is 2.05 bits per heavy atom. The van der Waals surface area contributed by atoms with E-state index >= 15 is 0 Å². The van der Waals surface area contributed by atoms with E-state index in [4.69, 9.17) is 4.52 Å². The van der Waals surface area contributed by atoms with Crippen LogP contribution in [0.3, 0.4) is 0 Å². The molecule has 2 aromatic rings. The number of aryl methyl sites for hydroxylation is 1. The van der Waals surface area contributed by atoms with E-state index in [0.29, 0.717) is 23.6 Å². The number of benzene rings is 1. The number of hydrogen-bond acceptors (Lipinski definition) is 5. The lowest BCUT2D eigenvalue weighted by Gasteiger charge is -2.12. The molecule has 0 aliphatic heterocycles. The van der Waals surface area contributed by atoms with Crippen LogP contribution in [0.4, 0.5) is 0 Å². The summed E-state index contributed by atoms with van der Waals surface area (Å²) in [6, 6.07) is 7.12. The minimum atomic E-state index is -3.59. The number of nitrogens with zero attached hydrogens (tertiary/aromatic N) is 1. The first kappa shape index (κ1) is 15.7. The Morgan fingerprint density at radius 1 is 1.24 bits per heavy atom. The van der Waals surface area contributed by atoms with Gasteiger partial charge in [-0.1, -0.05) is 24.2 Å². The van der Waals surface area contributed by atoms with Crippen molar-refractivity contribution in [2.75, 3.05) is 7.05 Å². The maximum absolute atomic E-state index is 12.5. The highest BCUT2D eigenvalue weighted by Crippen LogP contribution is 2.19. The van der Waals surface area contributed by atoms with E-state index in [1.54, 1.807) is 12.1 Å². The Labute approximate surface area is 124 Å². The van der Waals surface area contributed by atoms with Gasteiger partial charge in [0.2, 0.25) is 10.0 Å². The zero-order valence-electron chi connectivity index (χ0n) is 12.1. The van der Waals surface area contributed by atoms with Gasteiger partial charge in [0.1, 0.15) is 0 Å². The van der Waals surface area contributed by atoms with Crippen molar-refractivity contribution in [2.45, 2.75) is 31.3 Å². The van der Waals surface area contributed by atoms with E-state index in [1.165, 1.54) is 6.20 Å². The van der Waals surface area contributed by atoms with Gasteiger partial charge in [0.25, 0.3) is 0 Å². The van der Waals surface area contributed by atoms with Crippen molar-refractivity contribution in [3.8, 4) is 0 Å². The van der Waals surface area contributed by atoms with E-state index in [2.05, 4.69) is 15.2 Å². The number of nitrogens with one attached hydrogen (secondary N) is 2. The summed E-state index contributed by atoms with van der Waals surface area (Å²) in [5.41, 5.74) is 1.72. The quantitative estimate of drug-likeness (QED) is 0.808. The summed E-state index contributed by atoms with van der Waals surface area (Å²) < 4.78 is 32.4. The monoisotopic (exact) mass is 309 g/mol. The van der Waals surface area contributed by atoms with E-state index < -0.39 is 10.0 Å². The topological polar surface area (TPSA) is 84.2 Å². The van der Waals surface area contributed by atoms with Crippen LogP contribution < -0.4 is 10.0 Å². The van der Waals surface area contributed by atoms with Crippen LogP contribution in [-0.4, -0.2) is 20.6 Å². The second kappa shape index (κ2) is 6.84. The van der Waals surface area contributed by atoms with Crippen LogP contribution in [0, 0.1) is 0 Å². The summed E-state index contributed by atoms with van der Waals surface area (Å²) in [4.78, 5) is 0.317. The lowest BCUT2D eigenvalue weighted by Crippen LogP contribution is -2.24. The van der Waals surface area contributed by atoms with Gasteiger partial charge in [-0.05, 0) is 30.7 Å². The molecular weight excluding hydrogens is 290 g/mol. The Morgan fingerprint density at radius 3 is 2.67 bits per heavy atom. The van der Waals surface area contributed by atoms with Gasteiger partial charge >= 0.3 is 0 Å². The fourth-order valence-electron chi connectivity index (χ4n) is 2.03. The second-order valence-corrected chi connectivity index (χ2v) is 6.36. The molecular formula is C14H19N3O3S. The molecule has 6 nitrogen and oxygen atoms in total. The number of hydrogen-bond donors (Lipinski definition) is 2. The Hall–Kier alpha value is -1.70. The molecule has 7 heteroatoms. The lowest BCUT2D eigenvalue weighted by molar-refractivity contribution is 0.380. The van der Waals surface area contributed by atoms with E-state index in [9.17, 15) is 8.42 Å². The molecule has 0 spiro atoms. The van der Waals surface area contributed by atoms with Crippen molar-refractivity contribution < 1.29 is 12.9 Å². The average molecular weight is 309 g/mol. The zero-order chi connectivity index (χ0) is 15.3. The largest absolute Gasteiger partial charge is 0.360 e. The van der Waals surface area contributed by atoms with Crippen molar-refractivity contribution in [3.63, 3.8) is 0 Å². The molecule has 0 saturated carbocycles. The summed E-state index contributed by atoms with van der Waals surface area (Å²) in [7, 11) is -1.76. The van der Waals surface area contributed by atoms with Gasteiger partial charge in [-0.25, -0.2) is 13.1 Å². The summed E-state index contributed by atoms with van der Waals surface area (Å²) in [6.45, 7) is 2.64. The van der Waals surface area contributed by atoms with Crippen molar-refractivity contribution in [2.24, 2.45) is 0 Å². The normalized spacial score (nSPS) is 11.7. The average Bonchev–Trinajstić information content (AvgIpc) is 2.99. The van der Waals surface area contributed by atoms with E-state index in [-0.39, 0.29) is 6.54 Å². The van der Waals surface area contributed by atoms with Gasteiger partial charge in [0.15, 0.2) is 5.76 Å².